The first-order chi connectivity index (χ1) is 3.91. The van der Waals surface area contributed by atoms with Crippen molar-refractivity contribution in [1.29, 1.82) is 0 Å². The second kappa shape index (κ2) is 6.52. The third-order valence-electron chi connectivity index (χ3n) is 0.668. The molecular formula is C4H10N2O2. The largest absolute Gasteiger partial charge is 0.395 e. The molecule has 0 heterocycles. The van der Waals surface area contributed by atoms with Crippen LogP contribution in [0.3, 0.4) is 0 Å². The van der Waals surface area contributed by atoms with Crippen molar-refractivity contribution < 1.29 is 5.11 Å². The maximum absolute atomic E-state index is 9.42. The van der Waals surface area contributed by atoms with Crippen molar-refractivity contribution in [1.82, 2.24) is 5.32 Å². The summed E-state index contributed by atoms with van der Waals surface area (Å²) < 4.78 is 0. The summed E-state index contributed by atoms with van der Waals surface area (Å²) >= 11 is 0. The van der Waals surface area contributed by atoms with Crippen LogP contribution in [0, 0.1) is 4.91 Å². The minimum Gasteiger partial charge on any atom is -0.395 e. The lowest BCUT2D eigenvalue weighted by Crippen LogP contribution is -2.20. The third kappa shape index (κ3) is 5.52. The standard InChI is InChI=1S/C4H10N2O2/c7-4-3-5-1-2-6-8/h5,7H,1-4H2. The van der Waals surface area contributed by atoms with E-state index in [9.17, 15) is 4.91 Å². The summed E-state index contributed by atoms with van der Waals surface area (Å²) in [4.78, 5) is 9.42. The number of nitrogens with one attached hydrogen (secondary N) is 1. The Bertz CT molecular complexity index is 58.0. The quantitative estimate of drug-likeness (QED) is 0.372. The number of hydrogen-bond donors (Lipinski definition) is 2. The molecule has 0 aliphatic rings. The summed E-state index contributed by atoms with van der Waals surface area (Å²) in [6, 6.07) is 0. The molecule has 0 unspecified atom stereocenters. The van der Waals surface area contributed by atoms with E-state index in [1.54, 1.807) is 0 Å². The van der Waals surface area contributed by atoms with Crippen LogP contribution >= 0.6 is 0 Å². The lowest BCUT2D eigenvalue weighted by Gasteiger charge is -1.94. The zero-order chi connectivity index (χ0) is 6.24. The van der Waals surface area contributed by atoms with E-state index in [0.717, 1.165) is 0 Å². The summed E-state index contributed by atoms with van der Waals surface area (Å²) in [5.74, 6) is 0. The average molecular weight is 118 g/mol. The maximum atomic E-state index is 9.42. The van der Waals surface area contributed by atoms with Gasteiger partial charge in [-0.3, -0.25) is 0 Å². The Hall–Kier alpha value is -0.480. The predicted octanol–water partition coefficient (Wildman–Crippen LogP) is -0.665. The van der Waals surface area contributed by atoms with Gasteiger partial charge in [-0.05, 0) is 0 Å². The highest BCUT2D eigenvalue weighted by atomic mass is 16.3. The van der Waals surface area contributed by atoms with Gasteiger partial charge in [0.05, 0.1) is 13.2 Å². The fourth-order valence-corrected chi connectivity index (χ4v) is 0.329. The van der Waals surface area contributed by atoms with Gasteiger partial charge in [0.2, 0.25) is 0 Å². The number of hydrogen-bond acceptors (Lipinski definition) is 4. The highest BCUT2D eigenvalue weighted by molar-refractivity contribution is 4.46. The molecule has 0 aliphatic carbocycles. The Morgan fingerprint density at radius 2 is 2.25 bits per heavy atom. The molecule has 0 saturated heterocycles. The van der Waals surface area contributed by atoms with Crippen LogP contribution in [0.1, 0.15) is 0 Å². The molecule has 4 nitrogen and oxygen atoms in total. The second-order valence-corrected chi connectivity index (χ2v) is 1.33. The molecule has 0 bridgehead atoms. The van der Waals surface area contributed by atoms with Crippen molar-refractivity contribution in [2.75, 3.05) is 26.2 Å². The van der Waals surface area contributed by atoms with E-state index in [-0.39, 0.29) is 13.2 Å². The zero-order valence-electron chi connectivity index (χ0n) is 4.63. The van der Waals surface area contributed by atoms with E-state index in [1.807, 2.05) is 0 Å². The molecule has 0 amide bonds. The molecule has 0 aromatic rings. The van der Waals surface area contributed by atoms with Crippen molar-refractivity contribution in [3.05, 3.63) is 4.91 Å². The van der Waals surface area contributed by atoms with Gasteiger partial charge >= 0.3 is 0 Å². The summed E-state index contributed by atoms with van der Waals surface area (Å²) in [7, 11) is 0. The van der Waals surface area contributed by atoms with Crippen LogP contribution in [0.15, 0.2) is 5.18 Å². The number of aliphatic hydroxyl groups excluding tert-OH is 1. The Kier molecular flexibility index (Phi) is 6.13. The highest BCUT2D eigenvalue weighted by Crippen LogP contribution is 1.62. The second-order valence-electron chi connectivity index (χ2n) is 1.33. The monoisotopic (exact) mass is 118 g/mol. The van der Waals surface area contributed by atoms with Crippen LogP contribution in [0.5, 0.6) is 0 Å². The van der Waals surface area contributed by atoms with Gasteiger partial charge in [0.1, 0.15) is 0 Å². The van der Waals surface area contributed by atoms with E-state index in [2.05, 4.69) is 10.5 Å². The van der Waals surface area contributed by atoms with Crippen LogP contribution < -0.4 is 5.32 Å². The number of nitrogens with zero attached hydrogens (tertiary/aromatic N) is 1. The molecule has 0 radical (unpaired) electrons. The molecule has 0 aromatic heterocycles. The minimum atomic E-state index is 0.110. The first-order valence-electron chi connectivity index (χ1n) is 2.52. The topological polar surface area (TPSA) is 61.7 Å². The molecule has 0 aliphatic heterocycles. The van der Waals surface area contributed by atoms with E-state index in [4.69, 9.17) is 5.11 Å². The van der Waals surface area contributed by atoms with Gasteiger partial charge in [-0.15, -0.1) is 0 Å². The molecule has 2 N–H and O–H groups in total. The van der Waals surface area contributed by atoms with E-state index in [1.165, 1.54) is 0 Å². The average Bonchev–Trinajstić information content (AvgIpc) is 1.81. The molecule has 0 rings (SSSR count). The molecule has 8 heavy (non-hydrogen) atoms. The highest BCUT2D eigenvalue weighted by Gasteiger charge is 1.81. The Balaban J connectivity index is 2.62. The van der Waals surface area contributed by atoms with Gasteiger partial charge in [0.25, 0.3) is 0 Å². The van der Waals surface area contributed by atoms with Gasteiger partial charge in [-0.25, -0.2) is 0 Å². The van der Waals surface area contributed by atoms with Crippen LogP contribution in [0.4, 0.5) is 0 Å². The maximum Gasteiger partial charge on any atom is 0.0935 e. The smallest absolute Gasteiger partial charge is 0.0935 e. The number of nitroso groups, excluding NO2 is 1. The Morgan fingerprint density at radius 3 is 2.75 bits per heavy atom. The lowest BCUT2D eigenvalue weighted by molar-refractivity contribution is 0.293. The normalized spacial score (nSPS) is 9.12. The summed E-state index contributed by atoms with van der Waals surface area (Å²) in [5.41, 5.74) is 0. The molecule has 0 fully saturated rings. The van der Waals surface area contributed by atoms with Crippen molar-refractivity contribution in [2.45, 2.75) is 0 Å². The fraction of sp³-hybridized carbons (Fsp3) is 1.00. The van der Waals surface area contributed by atoms with Crippen molar-refractivity contribution >= 4 is 0 Å². The van der Waals surface area contributed by atoms with Gasteiger partial charge in [0, 0.05) is 13.1 Å². The van der Waals surface area contributed by atoms with E-state index < -0.39 is 0 Å². The summed E-state index contributed by atoms with van der Waals surface area (Å²) in [6.07, 6.45) is 0. The predicted molar refractivity (Wildman–Crippen MR) is 30.6 cm³/mol. The fourth-order valence-electron chi connectivity index (χ4n) is 0.329. The van der Waals surface area contributed by atoms with E-state index in [0.29, 0.717) is 13.1 Å². The molecule has 0 atom stereocenters. The van der Waals surface area contributed by atoms with Crippen molar-refractivity contribution in [3.63, 3.8) is 0 Å². The SMILES string of the molecule is O=NCCNCCO. The van der Waals surface area contributed by atoms with Gasteiger partial charge < -0.3 is 10.4 Å². The van der Waals surface area contributed by atoms with Crippen LogP contribution in [0.2, 0.25) is 0 Å². The molecule has 0 aromatic carbocycles. The molecule has 0 spiro atoms. The van der Waals surface area contributed by atoms with Crippen molar-refractivity contribution in [3.8, 4) is 0 Å². The number of rotatable bonds is 5. The first kappa shape index (κ1) is 7.52. The Morgan fingerprint density at radius 1 is 1.50 bits per heavy atom. The lowest BCUT2D eigenvalue weighted by atomic mass is 10.6. The van der Waals surface area contributed by atoms with Crippen molar-refractivity contribution in [2.24, 2.45) is 5.18 Å². The van der Waals surface area contributed by atoms with Crippen LogP contribution in [-0.2, 0) is 0 Å². The summed E-state index contributed by atoms with van der Waals surface area (Å²) in [5, 5.41) is 13.6. The zero-order valence-corrected chi connectivity index (χ0v) is 4.63. The van der Waals surface area contributed by atoms with Gasteiger partial charge in [0.15, 0.2) is 0 Å². The minimum absolute atomic E-state index is 0.110. The molecule has 4 heteroatoms. The van der Waals surface area contributed by atoms with Gasteiger partial charge in [-0.1, -0.05) is 5.18 Å². The van der Waals surface area contributed by atoms with Crippen LogP contribution in [0.25, 0.3) is 0 Å². The molecular weight excluding hydrogens is 108 g/mol. The van der Waals surface area contributed by atoms with E-state index >= 15 is 0 Å². The molecule has 0 saturated carbocycles. The molecule has 48 valence electrons. The summed E-state index contributed by atoms with van der Waals surface area (Å²) in [6.45, 7) is 1.48. The first-order valence-corrected chi connectivity index (χ1v) is 2.52. The van der Waals surface area contributed by atoms with Crippen LogP contribution in [-0.4, -0.2) is 31.3 Å². The third-order valence-corrected chi connectivity index (χ3v) is 0.668. The van der Waals surface area contributed by atoms with Gasteiger partial charge in [-0.2, -0.15) is 4.91 Å². The number of aliphatic hydroxyl groups is 1. The Labute approximate surface area is 47.9 Å².